The maximum absolute atomic E-state index is 13.8. The predicted octanol–water partition coefficient (Wildman–Crippen LogP) is 5.09. The molecule has 0 atom stereocenters. The fraction of sp³-hybridized carbons (Fsp3) is 0.333. The van der Waals surface area contributed by atoms with Gasteiger partial charge in [0.1, 0.15) is 11.6 Å². The van der Waals surface area contributed by atoms with Gasteiger partial charge < -0.3 is 19.7 Å². The number of aliphatic carboxylic acids is 1. The molecule has 190 valence electrons. The Bertz CT molecular complexity index is 1240. The average molecular weight is 506 g/mol. The molecule has 0 radical (unpaired) electrons. The molecule has 36 heavy (non-hydrogen) atoms. The summed E-state index contributed by atoms with van der Waals surface area (Å²) in [6.45, 7) is 1.27. The van der Waals surface area contributed by atoms with Crippen molar-refractivity contribution in [2.24, 2.45) is 5.92 Å². The van der Waals surface area contributed by atoms with E-state index in [0.717, 1.165) is 6.07 Å². The quantitative estimate of drug-likeness (QED) is 0.321. The normalized spacial score (nSPS) is 14.6. The Balaban J connectivity index is 1.45. The summed E-state index contributed by atoms with van der Waals surface area (Å²) in [5.74, 6) is -2.75. The van der Waals surface area contributed by atoms with Gasteiger partial charge in [0.05, 0.1) is 5.69 Å². The predicted molar refractivity (Wildman–Crippen MR) is 121 cm³/mol. The van der Waals surface area contributed by atoms with E-state index < -0.39 is 47.6 Å². The Kier molecular flexibility index (Phi) is 7.22. The van der Waals surface area contributed by atoms with E-state index in [9.17, 15) is 27.2 Å². The molecule has 8 nitrogen and oxygen atoms in total. The van der Waals surface area contributed by atoms with E-state index in [4.69, 9.17) is 9.52 Å². The molecule has 1 aliphatic rings. The highest BCUT2D eigenvalue weighted by Gasteiger charge is 2.41. The lowest BCUT2D eigenvalue weighted by Gasteiger charge is -2.32. The van der Waals surface area contributed by atoms with Crippen LogP contribution in [0.15, 0.2) is 47.0 Å². The number of nitrogens with one attached hydrogen (secondary N) is 1. The first-order valence-electron chi connectivity index (χ1n) is 11.1. The summed E-state index contributed by atoms with van der Waals surface area (Å²) < 4.78 is 59.4. The van der Waals surface area contributed by atoms with Crippen molar-refractivity contribution >= 4 is 29.3 Å². The van der Waals surface area contributed by atoms with Gasteiger partial charge in [-0.2, -0.15) is 18.2 Å². The van der Waals surface area contributed by atoms with Crippen molar-refractivity contribution in [3.8, 4) is 0 Å². The van der Waals surface area contributed by atoms with Gasteiger partial charge in [-0.1, -0.05) is 18.2 Å². The van der Waals surface area contributed by atoms with E-state index >= 15 is 0 Å². The highest BCUT2D eigenvalue weighted by Crippen LogP contribution is 2.35. The third-order valence-electron chi connectivity index (χ3n) is 5.84. The van der Waals surface area contributed by atoms with Crippen LogP contribution in [0.2, 0.25) is 0 Å². The summed E-state index contributed by atoms with van der Waals surface area (Å²) in [5, 5.41) is 11.3. The number of halogens is 4. The Morgan fingerprint density at radius 2 is 1.86 bits per heavy atom. The van der Waals surface area contributed by atoms with Crippen molar-refractivity contribution in [1.29, 1.82) is 0 Å². The fourth-order valence-corrected chi connectivity index (χ4v) is 4.02. The van der Waals surface area contributed by atoms with Gasteiger partial charge >= 0.3 is 12.1 Å². The van der Waals surface area contributed by atoms with Gasteiger partial charge in [0.15, 0.2) is 5.69 Å². The van der Waals surface area contributed by atoms with Gasteiger partial charge in [-0.3, -0.25) is 9.59 Å². The molecule has 1 saturated heterocycles. The van der Waals surface area contributed by atoms with Crippen molar-refractivity contribution in [3.05, 3.63) is 65.4 Å². The second-order valence-electron chi connectivity index (χ2n) is 8.45. The second-order valence-corrected chi connectivity index (χ2v) is 8.45. The number of carbonyl (C=O) groups is 2. The SMILES string of the molecule is O=C(O)CC1CCN(c2ccc(CC(=O)c3oc(Nc4ccccc4F)nc3C(F)(F)F)cn2)CC1. The van der Waals surface area contributed by atoms with Crippen LogP contribution in [0.4, 0.5) is 35.1 Å². The second kappa shape index (κ2) is 10.3. The molecule has 4 rings (SSSR count). The number of pyridine rings is 1. The molecule has 0 amide bonds. The minimum Gasteiger partial charge on any atom is -0.481 e. The van der Waals surface area contributed by atoms with Crippen LogP contribution in [-0.4, -0.2) is 39.9 Å². The van der Waals surface area contributed by atoms with Crippen molar-refractivity contribution in [1.82, 2.24) is 9.97 Å². The molecular weight excluding hydrogens is 484 g/mol. The monoisotopic (exact) mass is 506 g/mol. The lowest BCUT2D eigenvalue weighted by molar-refractivity contribution is -0.141. The highest BCUT2D eigenvalue weighted by molar-refractivity contribution is 5.96. The van der Waals surface area contributed by atoms with Crippen LogP contribution in [0.1, 0.15) is 41.1 Å². The van der Waals surface area contributed by atoms with Crippen LogP contribution in [0.5, 0.6) is 0 Å². The van der Waals surface area contributed by atoms with Gasteiger partial charge in [0.2, 0.25) is 11.5 Å². The number of Topliss-reactive ketones (excluding diaryl/α,β-unsaturated/α-hetero) is 1. The molecule has 0 saturated carbocycles. The van der Waals surface area contributed by atoms with Crippen LogP contribution < -0.4 is 10.2 Å². The third kappa shape index (κ3) is 5.99. The number of piperidine rings is 1. The number of ketones is 1. The first-order valence-corrected chi connectivity index (χ1v) is 11.1. The number of aromatic nitrogens is 2. The number of hydrogen-bond acceptors (Lipinski definition) is 7. The zero-order valence-corrected chi connectivity index (χ0v) is 18.9. The number of nitrogens with zero attached hydrogens (tertiary/aromatic N) is 3. The van der Waals surface area contributed by atoms with Gasteiger partial charge in [-0.05, 0) is 42.5 Å². The van der Waals surface area contributed by atoms with E-state index in [1.54, 1.807) is 12.1 Å². The van der Waals surface area contributed by atoms with Crippen LogP contribution >= 0.6 is 0 Å². The number of alkyl halides is 3. The first-order chi connectivity index (χ1) is 17.1. The number of para-hydroxylation sites is 1. The van der Waals surface area contributed by atoms with E-state index in [1.165, 1.54) is 24.4 Å². The largest absolute Gasteiger partial charge is 0.481 e. The van der Waals surface area contributed by atoms with Gasteiger partial charge in [-0.15, -0.1) is 0 Å². The van der Waals surface area contributed by atoms with Gasteiger partial charge in [0, 0.05) is 32.1 Å². The number of carboxylic acids is 1. The minimum absolute atomic E-state index is 0.109. The maximum Gasteiger partial charge on any atom is 0.437 e. The molecule has 1 aliphatic heterocycles. The topological polar surface area (TPSA) is 109 Å². The zero-order valence-electron chi connectivity index (χ0n) is 18.9. The summed E-state index contributed by atoms with van der Waals surface area (Å²) in [4.78, 5) is 33.2. The number of carboxylic acid groups (broad SMARTS) is 1. The van der Waals surface area contributed by atoms with E-state index in [1.807, 2.05) is 4.90 Å². The lowest BCUT2D eigenvalue weighted by atomic mass is 9.93. The number of hydrogen-bond donors (Lipinski definition) is 2. The van der Waals surface area contributed by atoms with Crippen molar-refractivity contribution < 1.29 is 36.7 Å². The smallest absolute Gasteiger partial charge is 0.437 e. The molecule has 2 aromatic heterocycles. The molecule has 3 aromatic rings. The van der Waals surface area contributed by atoms with E-state index in [2.05, 4.69) is 15.3 Å². The zero-order chi connectivity index (χ0) is 25.9. The number of oxazole rings is 1. The van der Waals surface area contributed by atoms with Crippen LogP contribution in [-0.2, 0) is 17.4 Å². The number of carbonyl (C=O) groups excluding carboxylic acids is 1. The molecule has 0 spiro atoms. The summed E-state index contributed by atoms with van der Waals surface area (Å²) in [6, 6.07) is 7.87. The Hall–Kier alpha value is -3.96. The Labute approximate surface area is 203 Å². The maximum atomic E-state index is 13.8. The molecular formula is C24H22F4N4O4. The van der Waals surface area contributed by atoms with Crippen LogP contribution in [0, 0.1) is 11.7 Å². The molecule has 0 aliphatic carbocycles. The Morgan fingerprint density at radius 1 is 1.14 bits per heavy atom. The first kappa shape index (κ1) is 25.1. The molecule has 0 unspecified atom stereocenters. The van der Waals surface area contributed by atoms with Crippen LogP contribution in [0.3, 0.4) is 0 Å². The summed E-state index contributed by atoms with van der Waals surface area (Å²) >= 11 is 0. The fourth-order valence-electron chi connectivity index (χ4n) is 4.02. The number of rotatable bonds is 8. The standard InChI is InChI=1S/C24H22F4N4O4/c25-16-3-1-2-4-17(16)30-23-31-22(24(26,27)28)21(36-23)18(33)11-15-5-6-19(29-13-15)32-9-7-14(8-10-32)12-20(34)35/h1-6,13-14H,7-12H2,(H,30,31)(H,34,35). The molecule has 1 fully saturated rings. The molecule has 0 bridgehead atoms. The third-order valence-corrected chi connectivity index (χ3v) is 5.84. The summed E-state index contributed by atoms with van der Waals surface area (Å²) in [6.07, 6.45) is -2.42. The van der Waals surface area contributed by atoms with Gasteiger partial charge in [0.25, 0.3) is 6.01 Å². The number of anilines is 3. The average Bonchev–Trinajstić information content (AvgIpc) is 3.26. The van der Waals surface area contributed by atoms with Crippen molar-refractivity contribution in [3.63, 3.8) is 0 Å². The van der Waals surface area contributed by atoms with E-state index in [-0.39, 0.29) is 18.0 Å². The van der Waals surface area contributed by atoms with Crippen molar-refractivity contribution in [2.45, 2.75) is 31.9 Å². The number of benzene rings is 1. The molecule has 1 aromatic carbocycles. The highest BCUT2D eigenvalue weighted by atomic mass is 19.4. The Morgan fingerprint density at radius 3 is 2.47 bits per heavy atom. The molecule has 3 heterocycles. The molecule has 2 N–H and O–H groups in total. The van der Waals surface area contributed by atoms with Crippen LogP contribution in [0.25, 0.3) is 0 Å². The summed E-state index contributed by atoms with van der Waals surface area (Å²) in [7, 11) is 0. The van der Waals surface area contributed by atoms with Crippen molar-refractivity contribution in [2.75, 3.05) is 23.3 Å². The summed E-state index contributed by atoms with van der Waals surface area (Å²) in [5.41, 5.74) is -1.28. The minimum atomic E-state index is -4.96. The van der Waals surface area contributed by atoms with E-state index in [0.29, 0.717) is 37.3 Å². The lowest BCUT2D eigenvalue weighted by Crippen LogP contribution is -2.34. The van der Waals surface area contributed by atoms with Gasteiger partial charge in [-0.25, -0.2) is 9.37 Å². The molecule has 12 heteroatoms.